The van der Waals surface area contributed by atoms with Crippen LogP contribution in [0.4, 0.5) is 0 Å². The lowest BCUT2D eigenvalue weighted by Gasteiger charge is -2.27. The van der Waals surface area contributed by atoms with Crippen LogP contribution in [0.25, 0.3) is 0 Å². The highest BCUT2D eigenvalue weighted by Gasteiger charge is 2.35. The minimum absolute atomic E-state index is 0.00725. The van der Waals surface area contributed by atoms with Crippen molar-refractivity contribution in [3.8, 4) is 0 Å². The molecule has 1 amide bonds. The summed E-state index contributed by atoms with van der Waals surface area (Å²) in [6.07, 6.45) is 3.24. The molecule has 0 aliphatic heterocycles. The second kappa shape index (κ2) is 6.98. The second-order valence-corrected chi connectivity index (χ2v) is 4.62. The molecular formula is C12H19NO5. The molecule has 1 saturated carbocycles. The van der Waals surface area contributed by atoms with Gasteiger partial charge in [-0.1, -0.05) is 12.8 Å². The summed E-state index contributed by atoms with van der Waals surface area (Å²) in [5, 5.41) is 20.1. The molecule has 0 bridgehead atoms. The Balaban J connectivity index is 2.38. The van der Waals surface area contributed by atoms with Crippen LogP contribution < -0.4 is 5.32 Å². The summed E-state index contributed by atoms with van der Waals surface area (Å²) >= 11 is 0. The number of carboxylic acids is 2. The molecule has 1 aliphatic rings. The normalized spacial score (nSPS) is 23.3. The maximum Gasteiger partial charge on any atom is 0.307 e. The Morgan fingerprint density at radius 3 is 2.22 bits per heavy atom. The van der Waals surface area contributed by atoms with Crippen molar-refractivity contribution in [3.05, 3.63) is 0 Å². The zero-order valence-electron chi connectivity index (χ0n) is 10.2. The van der Waals surface area contributed by atoms with Crippen molar-refractivity contribution >= 4 is 17.8 Å². The van der Waals surface area contributed by atoms with E-state index in [-0.39, 0.29) is 18.9 Å². The number of carboxylic acid groups (broad SMARTS) is 2. The van der Waals surface area contributed by atoms with Gasteiger partial charge in [-0.3, -0.25) is 14.4 Å². The van der Waals surface area contributed by atoms with E-state index in [1.807, 2.05) is 0 Å². The van der Waals surface area contributed by atoms with Crippen LogP contribution in [-0.4, -0.2) is 34.6 Å². The van der Waals surface area contributed by atoms with Crippen LogP contribution >= 0.6 is 0 Å². The highest BCUT2D eigenvalue weighted by atomic mass is 16.4. The number of carbonyl (C=O) groups is 3. The molecule has 0 spiro atoms. The third-order valence-electron chi connectivity index (χ3n) is 3.29. The molecule has 0 aromatic heterocycles. The van der Waals surface area contributed by atoms with Crippen molar-refractivity contribution in [1.82, 2.24) is 5.32 Å². The van der Waals surface area contributed by atoms with Gasteiger partial charge < -0.3 is 15.5 Å². The van der Waals surface area contributed by atoms with Crippen LogP contribution in [-0.2, 0) is 14.4 Å². The van der Waals surface area contributed by atoms with Crippen LogP contribution in [0, 0.1) is 11.8 Å². The molecule has 0 radical (unpaired) electrons. The lowest BCUT2D eigenvalue weighted by molar-refractivity contribution is -0.148. The fourth-order valence-corrected chi connectivity index (χ4v) is 2.32. The topological polar surface area (TPSA) is 104 Å². The number of aliphatic carboxylic acids is 2. The Bertz CT molecular complexity index is 328. The molecule has 0 saturated heterocycles. The molecule has 1 rings (SSSR count). The van der Waals surface area contributed by atoms with Crippen LogP contribution in [0.5, 0.6) is 0 Å². The van der Waals surface area contributed by atoms with Crippen molar-refractivity contribution in [3.63, 3.8) is 0 Å². The summed E-state index contributed by atoms with van der Waals surface area (Å²) in [4.78, 5) is 33.2. The molecule has 0 unspecified atom stereocenters. The quantitative estimate of drug-likeness (QED) is 0.612. The van der Waals surface area contributed by atoms with Gasteiger partial charge in [0.2, 0.25) is 5.91 Å². The van der Waals surface area contributed by atoms with Gasteiger partial charge in [-0.15, -0.1) is 0 Å². The molecule has 3 N–H and O–H groups in total. The van der Waals surface area contributed by atoms with Crippen molar-refractivity contribution in [2.24, 2.45) is 11.8 Å². The van der Waals surface area contributed by atoms with Gasteiger partial charge in [0.1, 0.15) is 0 Å². The number of amides is 1. The van der Waals surface area contributed by atoms with Crippen molar-refractivity contribution < 1.29 is 24.6 Å². The highest BCUT2D eigenvalue weighted by molar-refractivity contribution is 5.84. The van der Waals surface area contributed by atoms with E-state index in [4.69, 9.17) is 10.2 Å². The Labute approximate surface area is 105 Å². The Morgan fingerprint density at radius 2 is 1.67 bits per heavy atom. The number of hydrogen-bond donors (Lipinski definition) is 3. The van der Waals surface area contributed by atoms with Crippen LogP contribution in [0.1, 0.15) is 38.5 Å². The molecule has 18 heavy (non-hydrogen) atoms. The van der Waals surface area contributed by atoms with Gasteiger partial charge in [0.25, 0.3) is 0 Å². The van der Waals surface area contributed by atoms with Gasteiger partial charge in [0.05, 0.1) is 11.8 Å². The number of nitrogens with one attached hydrogen (secondary N) is 1. The fourth-order valence-electron chi connectivity index (χ4n) is 2.32. The van der Waals surface area contributed by atoms with E-state index in [1.165, 1.54) is 0 Å². The van der Waals surface area contributed by atoms with Crippen molar-refractivity contribution in [2.45, 2.75) is 38.5 Å². The van der Waals surface area contributed by atoms with Gasteiger partial charge in [0.15, 0.2) is 0 Å². The Morgan fingerprint density at radius 1 is 1.06 bits per heavy atom. The molecule has 1 aliphatic carbocycles. The molecule has 1 fully saturated rings. The predicted molar refractivity (Wildman–Crippen MR) is 63.0 cm³/mol. The van der Waals surface area contributed by atoms with E-state index in [0.29, 0.717) is 19.3 Å². The molecule has 0 aromatic carbocycles. The summed E-state index contributed by atoms with van der Waals surface area (Å²) in [6.45, 7) is 0.286. The first-order chi connectivity index (χ1) is 8.52. The van der Waals surface area contributed by atoms with Crippen LogP contribution in [0.3, 0.4) is 0 Å². The van der Waals surface area contributed by atoms with Gasteiger partial charge in [0, 0.05) is 13.0 Å². The van der Waals surface area contributed by atoms with E-state index in [2.05, 4.69) is 5.32 Å². The molecule has 6 nitrogen and oxygen atoms in total. The Hall–Kier alpha value is -1.59. The largest absolute Gasteiger partial charge is 0.481 e. The first-order valence-corrected chi connectivity index (χ1v) is 6.24. The average Bonchev–Trinajstić information content (AvgIpc) is 2.34. The molecular weight excluding hydrogens is 238 g/mol. The summed E-state index contributed by atoms with van der Waals surface area (Å²) in [5.41, 5.74) is 0. The van der Waals surface area contributed by atoms with E-state index < -0.39 is 23.8 Å². The van der Waals surface area contributed by atoms with Gasteiger partial charge >= 0.3 is 11.9 Å². The Kier molecular flexibility index (Phi) is 5.61. The first-order valence-electron chi connectivity index (χ1n) is 6.24. The monoisotopic (exact) mass is 257 g/mol. The van der Waals surface area contributed by atoms with E-state index in [1.54, 1.807) is 0 Å². The van der Waals surface area contributed by atoms with Crippen LogP contribution in [0.2, 0.25) is 0 Å². The SMILES string of the molecule is O=C(O)CCCNC(=O)[C@@H]1CCCC[C@@H]1C(=O)O. The zero-order chi connectivity index (χ0) is 13.5. The van der Waals surface area contributed by atoms with Gasteiger partial charge in [-0.05, 0) is 19.3 Å². The number of hydrogen-bond acceptors (Lipinski definition) is 3. The molecule has 102 valence electrons. The van der Waals surface area contributed by atoms with Gasteiger partial charge in [-0.2, -0.15) is 0 Å². The number of rotatable bonds is 6. The predicted octanol–water partition coefficient (Wildman–Crippen LogP) is 0.858. The molecule has 0 heterocycles. The van der Waals surface area contributed by atoms with Crippen LogP contribution in [0.15, 0.2) is 0 Å². The summed E-state index contributed by atoms with van der Waals surface area (Å²) in [7, 11) is 0. The van der Waals surface area contributed by atoms with Crippen molar-refractivity contribution in [1.29, 1.82) is 0 Å². The fraction of sp³-hybridized carbons (Fsp3) is 0.750. The minimum Gasteiger partial charge on any atom is -0.481 e. The first kappa shape index (κ1) is 14.5. The standard InChI is InChI=1S/C12H19NO5/c14-10(15)6-3-7-13-11(16)8-4-1-2-5-9(8)12(17)18/h8-9H,1-7H2,(H,13,16)(H,14,15)(H,17,18)/t8-,9+/m1/s1. The molecule has 0 aromatic rings. The molecule has 6 heteroatoms. The highest BCUT2D eigenvalue weighted by Crippen LogP contribution is 2.30. The maximum absolute atomic E-state index is 11.8. The summed E-state index contributed by atoms with van der Waals surface area (Å²) in [5.74, 6) is -3.14. The molecule has 2 atom stereocenters. The zero-order valence-corrected chi connectivity index (χ0v) is 10.2. The average molecular weight is 257 g/mol. The second-order valence-electron chi connectivity index (χ2n) is 4.62. The summed E-state index contributed by atoms with van der Waals surface area (Å²) in [6, 6.07) is 0. The van der Waals surface area contributed by atoms with Gasteiger partial charge in [-0.25, -0.2) is 0 Å². The smallest absolute Gasteiger partial charge is 0.307 e. The van der Waals surface area contributed by atoms with E-state index in [9.17, 15) is 14.4 Å². The lowest BCUT2D eigenvalue weighted by Crippen LogP contribution is -2.40. The van der Waals surface area contributed by atoms with Crippen molar-refractivity contribution in [2.75, 3.05) is 6.54 Å². The minimum atomic E-state index is -0.916. The lowest BCUT2D eigenvalue weighted by atomic mass is 9.78. The third kappa shape index (κ3) is 4.35. The van der Waals surface area contributed by atoms with E-state index in [0.717, 1.165) is 12.8 Å². The number of carbonyl (C=O) groups excluding carboxylic acids is 1. The third-order valence-corrected chi connectivity index (χ3v) is 3.29. The summed E-state index contributed by atoms with van der Waals surface area (Å²) < 4.78 is 0. The maximum atomic E-state index is 11.8. The van der Waals surface area contributed by atoms with E-state index >= 15 is 0 Å².